The maximum Gasteiger partial charge on any atom is 0.226 e. The van der Waals surface area contributed by atoms with E-state index in [1.165, 1.54) is 11.3 Å². The zero-order chi connectivity index (χ0) is 8.97. The second kappa shape index (κ2) is 4.21. The van der Waals surface area contributed by atoms with Crippen molar-refractivity contribution < 1.29 is 4.79 Å². The summed E-state index contributed by atoms with van der Waals surface area (Å²) < 4.78 is 0. The Hall–Kier alpha value is -0.900. The first-order valence-corrected chi connectivity index (χ1v) is 4.76. The molecule has 0 atom stereocenters. The molecule has 4 heteroatoms. The third-order valence-corrected chi connectivity index (χ3v) is 1.96. The molecule has 0 aromatic carbocycles. The average molecular weight is 184 g/mol. The molecule has 0 unspecified atom stereocenters. The summed E-state index contributed by atoms with van der Waals surface area (Å²) in [5, 5.41) is 5.24. The number of carbonyl (C=O) groups is 1. The number of amides is 1. The topological polar surface area (TPSA) is 42.0 Å². The number of hydrogen-bond acceptors (Lipinski definition) is 3. The van der Waals surface area contributed by atoms with Gasteiger partial charge in [0.15, 0.2) is 5.13 Å². The van der Waals surface area contributed by atoms with Crippen molar-refractivity contribution in [3.05, 3.63) is 11.6 Å². The Morgan fingerprint density at radius 1 is 1.75 bits per heavy atom. The quantitative estimate of drug-likeness (QED) is 0.781. The number of thiazole rings is 1. The van der Waals surface area contributed by atoms with Crippen molar-refractivity contribution >= 4 is 22.4 Å². The number of nitrogens with one attached hydrogen (secondary N) is 1. The Bertz CT molecular complexity index is 244. The van der Waals surface area contributed by atoms with Gasteiger partial charge < -0.3 is 5.32 Å². The van der Waals surface area contributed by atoms with Crippen molar-refractivity contribution in [3.8, 4) is 0 Å². The SMILES string of the molecule is CC(C)CC(=O)Nc1nccs1. The molecule has 66 valence electrons. The van der Waals surface area contributed by atoms with E-state index in [1.54, 1.807) is 6.20 Å². The summed E-state index contributed by atoms with van der Waals surface area (Å²) in [6, 6.07) is 0. The van der Waals surface area contributed by atoms with Crippen LogP contribution in [0.1, 0.15) is 20.3 Å². The van der Waals surface area contributed by atoms with Crippen molar-refractivity contribution in [2.24, 2.45) is 5.92 Å². The van der Waals surface area contributed by atoms with Crippen LogP contribution < -0.4 is 5.32 Å². The number of hydrogen-bond donors (Lipinski definition) is 1. The highest BCUT2D eigenvalue weighted by molar-refractivity contribution is 7.13. The molecule has 0 saturated carbocycles. The van der Waals surface area contributed by atoms with Gasteiger partial charge in [0.2, 0.25) is 5.91 Å². The normalized spacial score (nSPS) is 10.2. The van der Waals surface area contributed by atoms with Gasteiger partial charge in [0, 0.05) is 18.0 Å². The van der Waals surface area contributed by atoms with Gasteiger partial charge in [0.25, 0.3) is 0 Å². The first-order valence-electron chi connectivity index (χ1n) is 3.88. The maximum absolute atomic E-state index is 11.2. The van der Waals surface area contributed by atoms with E-state index in [0.29, 0.717) is 17.5 Å². The Labute approximate surface area is 75.8 Å². The number of nitrogens with zero attached hydrogens (tertiary/aromatic N) is 1. The van der Waals surface area contributed by atoms with Crippen LogP contribution in [0.4, 0.5) is 5.13 Å². The summed E-state index contributed by atoms with van der Waals surface area (Å²) >= 11 is 1.44. The number of anilines is 1. The molecule has 12 heavy (non-hydrogen) atoms. The molecular weight excluding hydrogens is 172 g/mol. The molecule has 1 heterocycles. The van der Waals surface area contributed by atoms with Gasteiger partial charge in [0.1, 0.15) is 0 Å². The van der Waals surface area contributed by atoms with Crippen molar-refractivity contribution in [1.82, 2.24) is 4.98 Å². The van der Waals surface area contributed by atoms with E-state index in [1.807, 2.05) is 19.2 Å². The Balaban J connectivity index is 2.37. The van der Waals surface area contributed by atoms with E-state index < -0.39 is 0 Å². The van der Waals surface area contributed by atoms with Crippen LogP contribution in [0.3, 0.4) is 0 Å². The third-order valence-electron chi connectivity index (χ3n) is 1.27. The largest absolute Gasteiger partial charge is 0.302 e. The summed E-state index contributed by atoms with van der Waals surface area (Å²) in [5.41, 5.74) is 0. The summed E-state index contributed by atoms with van der Waals surface area (Å²) in [7, 11) is 0. The minimum Gasteiger partial charge on any atom is -0.302 e. The fraction of sp³-hybridized carbons (Fsp3) is 0.500. The van der Waals surface area contributed by atoms with Gasteiger partial charge in [-0.15, -0.1) is 11.3 Å². The highest BCUT2D eigenvalue weighted by Gasteiger charge is 2.05. The van der Waals surface area contributed by atoms with Crippen LogP contribution in [-0.4, -0.2) is 10.9 Å². The van der Waals surface area contributed by atoms with E-state index in [4.69, 9.17) is 0 Å². The highest BCUT2D eigenvalue weighted by Crippen LogP contribution is 2.11. The fourth-order valence-electron chi connectivity index (χ4n) is 0.826. The second-order valence-electron chi connectivity index (χ2n) is 2.98. The lowest BCUT2D eigenvalue weighted by Gasteiger charge is -2.03. The first-order chi connectivity index (χ1) is 5.68. The van der Waals surface area contributed by atoms with Gasteiger partial charge in [-0.2, -0.15) is 0 Å². The predicted octanol–water partition coefficient (Wildman–Crippen LogP) is 2.13. The fourth-order valence-corrected chi connectivity index (χ4v) is 1.37. The van der Waals surface area contributed by atoms with E-state index in [0.717, 1.165) is 0 Å². The number of carbonyl (C=O) groups excluding carboxylic acids is 1. The van der Waals surface area contributed by atoms with Gasteiger partial charge in [0.05, 0.1) is 0 Å². The van der Waals surface area contributed by atoms with Gasteiger partial charge in [-0.25, -0.2) is 4.98 Å². The standard InChI is InChI=1S/C8H12N2OS/c1-6(2)5-7(11)10-8-9-3-4-12-8/h3-4,6H,5H2,1-2H3,(H,9,10,11). The Morgan fingerprint density at radius 2 is 2.50 bits per heavy atom. The lowest BCUT2D eigenvalue weighted by molar-refractivity contribution is -0.116. The van der Waals surface area contributed by atoms with Gasteiger partial charge in [-0.1, -0.05) is 13.8 Å². The third kappa shape index (κ3) is 3.00. The van der Waals surface area contributed by atoms with Crippen LogP contribution in [0.15, 0.2) is 11.6 Å². The molecule has 1 aromatic heterocycles. The molecule has 3 nitrogen and oxygen atoms in total. The summed E-state index contributed by atoms with van der Waals surface area (Å²) in [5.74, 6) is 0.435. The molecule has 0 aliphatic heterocycles. The van der Waals surface area contributed by atoms with E-state index in [9.17, 15) is 4.79 Å². The Kier molecular flexibility index (Phi) is 3.22. The minimum absolute atomic E-state index is 0.0416. The number of aromatic nitrogens is 1. The molecule has 1 amide bonds. The summed E-state index contributed by atoms with van der Waals surface area (Å²) in [4.78, 5) is 15.1. The van der Waals surface area contributed by atoms with Crippen molar-refractivity contribution in [2.45, 2.75) is 20.3 Å². The van der Waals surface area contributed by atoms with Gasteiger partial charge >= 0.3 is 0 Å². The van der Waals surface area contributed by atoms with Crippen LogP contribution in [0.25, 0.3) is 0 Å². The van der Waals surface area contributed by atoms with Crippen molar-refractivity contribution in [1.29, 1.82) is 0 Å². The smallest absolute Gasteiger partial charge is 0.226 e. The van der Waals surface area contributed by atoms with Crippen LogP contribution >= 0.6 is 11.3 Å². The lowest BCUT2D eigenvalue weighted by atomic mass is 10.1. The molecule has 0 fully saturated rings. The molecular formula is C8H12N2OS. The predicted molar refractivity (Wildman–Crippen MR) is 50.2 cm³/mol. The van der Waals surface area contributed by atoms with Crippen LogP contribution in [0, 0.1) is 5.92 Å². The zero-order valence-corrected chi connectivity index (χ0v) is 8.02. The van der Waals surface area contributed by atoms with Crippen molar-refractivity contribution in [3.63, 3.8) is 0 Å². The first kappa shape index (κ1) is 9.19. The summed E-state index contributed by atoms with van der Waals surface area (Å²) in [6.45, 7) is 4.03. The zero-order valence-electron chi connectivity index (χ0n) is 7.20. The average Bonchev–Trinajstić information content (AvgIpc) is 2.37. The maximum atomic E-state index is 11.2. The molecule has 0 aliphatic rings. The van der Waals surface area contributed by atoms with Crippen LogP contribution in [-0.2, 0) is 4.79 Å². The molecule has 1 rings (SSSR count). The van der Waals surface area contributed by atoms with Gasteiger partial charge in [-0.3, -0.25) is 4.79 Å². The molecule has 0 spiro atoms. The lowest BCUT2D eigenvalue weighted by Crippen LogP contribution is -2.13. The van der Waals surface area contributed by atoms with Crippen LogP contribution in [0.5, 0.6) is 0 Å². The molecule has 0 radical (unpaired) electrons. The highest BCUT2D eigenvalue weighted by atomic mass is 32.1. The van der Waals surface area contributed by atoms with E-state index in [2.05, 4.69) is 10.3 Å². The molecule has 1 N–H and O–H groups in total. The minimum atomic E-state index is 0.0416. The number of rotatable bonds is 3. The second-order valence-corrected chi connectivity index (χ2v) is 3.88. The van der Waals surface area contributed by atoms with Crippen LogP contribution in [0.2, 0.25) is 0 Å². The Morgan fingerprint density at radius 3 is 3.00 bits per heavy atom. The van der Waals surface area contributed by atoms with Gasteiger partial charge in [-0.05, 0) is 5.92 Å². The van der Waals surface area contributed by atoms with Crippen molar-refractivity contribution in [2.75, 3.05) is 5.32 Å². The molecule has 1 aromatic rings. The van der Waals surface area contributed by atoms with E-state index >= 15 is 0 Å². The molecule has 0 saturated heterocycles. The van der Waals surface area contributed by atoms with E-state index in [-0.39, 0.29) is 5.91 Å². The molecule has 0 bridgehead atoms. The summed E-state index contributed by atoms with van der Waals surface area (Å²) in [6.07, 6.45) is 2.23. The monoisotopic (exact) mass is 184 g/mol. The molecule has 0 aliphatic carbocycles.